The van der Waals surface area contributed by atoms with Crippen LogP contribution in [0.4, 0.5) is 0 Å². The lowest BCUT2D eigenvalue weighted by atomic mass is 10.3. The molecule has 100 valence electrons. The molecular formula is C12H11BrN2O3S. The Kier molecular flexibility index (Phi) is 4.16. The lowest BCUT2D eigenvalue weighted by molar-refractivity contribution is -0.136. The van der Waals surface area contributed by atoms with E-state index in [1.165, 1.54) is 11.3 Å². The van der Waals surface area contributed by atoms with Crippen LogP contribution < -0.4 is 5.56 Å². The van der Waals surface area contributed by atoms with E-state index in [0.717, 1.165) is 9.48 Å². The van der Waals surface area contributed by atoms with Gasteiger partial charge in [-0.1, -0.05) is 0 Å². The summed E-state index contributed by atoms with van der Waals surface area (Å²) in [6, 6.07) is 1.76. The molecule has 0 saturated heterocycles. The third-order valence-corrected chi connectivity index (χ3v) is 3.79. The number of halogens is 1. The number of aryl methyl sites for hydroxylation is 1. The molecule has 7 heteroatoms. The molecule has 0 bridgehead atoms. The zero-order chi connectivity index (χ0) is 14.0. The average Bonchev–Trinajstić information content (AvgIpc) is 2.71. The fourth-order valence-corrected chi connectivity index (χ4v) is 3.04. The van der Waals surface area contributed by atoms with Crippen molar-refractivity contribution in [2.75, 3.05) is 0 Å². The van der Waals surface area contributed by atoms with E-state index in [9.17, 15) is 9.59 Å². The van der Waals surface area contributed by atoms with E-state index in [4.69, 9.17) is 5.11 Å². The topological polar surface area (TPSA) is 72.2 Å². The third-order valence-electron chi connectivity index (χ3n) is 2.47. The Morgan fingerprint density at radius 3 is 3.00 bits per heavy atom. The molecule has 2 heterocycles. The Labute approximate surface area is 121 Å². The predicted molar refractivity (Wildman–Crippen MR) is 75.7 cm³/mol. The second kappa shape index (κ2) is 5.66. The summed E-state index contributed by atoms with van der Waals surface area (Å²) < 4.78 is 2.38. The summed E-state index contributed by atoms with van der Waals surface area (Å²) in [6.07, 6.45) is 1.61. The number of thiazole rings is 1. The number of carboxylic acids is 1. The normalized spacial score (nSPS) is 10.6. The summed E-state index contributed by atoms with van der Waals surface area (Å²) in [5.41, 5.74) is 1.10. The van der Waals surface area contributed by atoms with Crippen LogP contribution in [0.5, 0.6) is 0 Å². The van der Waals surface area contributed by atoms with Crippen molar-refractivity contribution in [1.29, 1.82) is 0 Å². The zero-order valence-corrected chi connectivity index (χ0v) is 12.5. The number of nitrogens with zero attached hydrogens (tertiary/aromatic N) is 2. The van der Waals surface area contributed by atoms with Crippen LogP contribution in [-0.4, -0.2) is 20.6 Å². The van der Waals surface area contributed by atoms with Crippen molar-refractivity contribution in [1.82, 2.24) is 9.55 Å². The molecule has 0 aliphatic heterocycles. The first-order valence-corrected chi connectivity index (χ1v) is 7.14. The van der Waals surface area contributed by atoms with Crippen LogP contribution in [0.15, 0.2) is 26.9 Å². The van der Waals surface area contributed by atoms with Crippen molar-refractivity contribution in [3.8, 4) is 0 Å². The van der Waals surface area contributed by atoms with E-state index < -0.39 is 5.97 Å². The highest BCUT2D eigenvalue weighted by Gasteiger charge is 2.08. The monoisotopic (exact) mass is 342 g/mol. The second-order valence-corrected chi connectivity index (χ2v) is 5.94. The lowest BCUT2D eigenvalue weighted by Gasteiger charge is -2.05. The lowest BCUT2D eigenvalue weighted by Crippen LogP contribution is -2.22. The highest BCUT2D eigenvalue weighted by Crippen LogP contribution is 2.13. The molecular weight excluding hydrogens is 332 g/mol. The SMILES string of the molecule is Cc1cc(Br)cn(Cc2nc(CC(=O)O)cs2)c1=O. The first kappa shape index (κ1) is 14.0. The first-order chi connectivity index (χ1) is 8.95. The highest BCUT2D eigenvalue weighted by atomic mass is 79.9. The third kappa shape index (κ3) is 3.51. The predicted octanol–water partition coefficient (Wildman–Crippen LogP) is 2.05. The number of pyridine rings is 1. The molecule has 0 aromatic carbocycles. The van der Waals surface area contributed by atoms with Gasteiger partial charge in [-0.05, 0) is 28.9 Å². The van der Waals surface area contributed by atoms with Crippen LogP contribution in [0.2, 0.25) is 0 Å². The molecule has 0 aliphatic carbocycles. The molecule has 19 heavy (non-hydrogen) atoms. The van der Waals surface area contributed by atoms with Crippen LogP contribution in [0.3, 0.4) is 0 Å². The van der Waals surface area contributed by atoms with E-state index in [0.29, 0.717) is 17.8 Å². The van der Waals surface area contributed by atoms with Crippen LogP contribution in [0.1, 0.15) is 16.3 Å². The maximum Gasteiger partial charge on any atom is 0.309 e. The minimum Gasteiger partial charge on any atom is -0.481 e. The summed E-state index contributed by atoms with van der Waals surface area (Å²) in [4.78, 5) is 26.7. The maximum atomic E-state index is 11.9. The van der Waals surface area contributed by atoms with Gasteiger partial charge in [-0.25, -0.2) is 4.98 Å². The van der Waals surface area contributed by atoms with Crippen molar-refractivity contribution >= 4 is 33.2 Å². The maximum absolute atomic E-state index is 11.9. The van der Waals surface area contributed by atoms with Gasteiger partial charge in [0.2, 0.25) is 0 Å². The molecule has 0 spiro atoms. The molecule has 5 nitrogen and oxygen atoms in total. The van der Waals surface area contributed by atoms with Crippen LogP contribution >= 0.6 is 27.3 Å². The number of carbonyl (C=O) groups is 1. The molecule has 0 fully saturated rings. The van der Waals surface area contributed by atoms with Crippen LogP contribution in [-0.2, 0) is 17.8 Å². The summed E-state index contributed by atoms with van der Waals surface area (Å²) in [5, 5.41) is 11.1. The average molecular weight is 343 g/mol. The minimum atomic E-state index is -0.910. The quantitative estimate of drug-likeness (QED) is 0.922. The molecule has 0 radical (unpaired) electrons. The zero-order valence-electron chi connectivity index (χ0n) is 10.1. The molecule has 1 N–H and O–H groups in total. The fraction of sp³-hybridized carbons (Fsp3) is 0.250. The molecule has 0 atom stereocenters. The molecule has 2 rings (SSSR count). The van der Waals surface area contributed by atoms with Crippen LogP contribution in [0, 0.1) is 6.92 Å². The molecule has 0 aliphatic rings. The van der Waals surface area contributed by atoms with Gasteiger partial charge in [0.25, 0.3) is 5.56 Å². The summed E-state index contributed by atoms with van der Waals surface area (Å²) in [6.45, 7) is 2.10. The Morgan fingerprint density at radius 2 is 2.32 bits per heavy atom. The van der Waals surface area contributed by atoms with E-state index >= 15 is 0 Å². The number of rotatable bonds is 4. The number of carboxylic acid groups (broad SMARTS) is 1. The molecule has 0 saturated carbocycles. The Bertz CT molecular complexity index is 678. The molecule has 0 unspecified atom stereocenters. The number of hydrogen-bond acceptors (Lipinski definition) is 4. The minimum absolute atomic E-state index is 0.0711. The summed E-state index contributed by atoms with van der Waals surface area (Å²) >= 11 is 4.70. The van der Waals surface area contributed by atoms with Gasteiger partial charge in [0.15, 0.2) is 0 Å². The van der Waals surface area contributed by atoms with Gasteiger partial charge in [0.1, 0.15) is 5.01 Å². The van der Waals surface area contributed by atoms with Crippen molar-refractivity contribution in [2.24, 2.45) is 0 Å². The smallest absolute Gasteiger partial charge is 0.309 e. The number of hydrogen-bond donors (Lipinski definition) is 1. The Balaban J connectivity index is 2.24. The van der Waals surface area contributed by atoms with Gasteiger partial charge in [-0.15, -0.1) is 11.3 Å². The van der Waals surface area contributed by atoms with E-state index in [1.807, 2.05) is 0 Å². The summed E-state index contributed by atoms with van der Waals surface area (Å²) in [5.74, 6) is -0.910. The van der Waals surface area contributed by atoms with Crippen molar-refractivity contribution in [3.63, 3.8) is 0 Å². The van der Waals surface area contributed by atoms with E-state index in [1.54, 1.807) is 29.1 Å². The molecule has 2 aromatic rings. The van der Waals surface area contributed by atoms with Crippen molar-refractivity contribution in [3.05, 3.63) is 48.7 Å². The fourth-order valence-electron chi connectivity index (χ4n) is 1.66. The van der Waals surface area contributed by atoms with Gasteiger partial charge in [0, 0.05) is 21.6 Å². The van der Waals surface area contributed by atoms with Crippen molar-refractivity contribution < 1.29 is 9.90 Å². The number of aromatic nitrogens is 2. The van der Waals surface area contributed by atoms with Gasteiger partial charge in [-0.2, -0.15) is 0 Å². The first-order valence-electron chi connectivity index (χ1n) is 5.47. The van der Waals surface area contributed by atoms with Gasteiger partial charge in [0.05, 0.1) is 18.7 Å². The second-order valence-electron chi connectivity index (χ2n) is 4.08. The van der Waals surface area contributed by atoms with E-state index in [-0.39, 0.29) is 12.0 Å². The van der Waals surface area contributed by atoms with Gasteiger partial charge < -0.3 is 9.67 Å². The van der Waals surface area contributed by atoms with Crippen LogP contribution in [0.25, 0.3) is 0 Å². The van der Waals surface area contributed by atoms with Crippen molar-refractivity contribution in [2.45, 2.75) is 19.9 Å². The van der Waals surface area contributed by atoms with Gasteiger partial charge in [-0.3, -0.25) is 9.59 Å². The summed E-state index contributed by atoms with van der Waals surface area (Å²) in [7, 11) is 0. The van der Waals surface area contributed by atoms with Gasteiger partial charge >= 0.3 is 5.97 Å². The molecule has 2 aromatic heterocycles. The molecule has 0 amide bonds. The Morgan fingerprint density at radius 1 is 1.58 bits per heavy atom. The largest absolute Gasteiger partial charge is 0.481 e. The van der Waals surface area contributed by atoms with E-state index in [2.05, 4.69) is 20.9 Å². The standard InChI is InChI=1S/C12H11BrN2O3S/c1-7-2-8(13)4-15(12(7)18)5-10-14-9(6-19-10)3-11(16)17/h2,4,6H,3,5H2,1H3,(H,16,17). The Hall–Kier alpha value is -1.47. The highest BCUT2D eigenvalue weighted by molar-refractivity contribution is 9.10. The number of aliphatic carboxylic acids is 1.